The van der Waals surface area contributed by atoms with Gasteiger partial charge in [0.05, 0.1) is 36.7 Å². The Bertz CT molecular complexity index is 3640. The van der Waals surface area contributed by atoms with Gasteiger partial charge in [0.2, 0.25) is 0 Å². The van der Waals surface area contributed by atoms with Gasteiger partial charge in [0, 0.05) is 103 Å². The molecule has 458 valence electrons. The maximum Gasteiger partial charge on any atom is 0.410 e. The van der Waals surface area contributed by atoms with Crippen molar-refractivity contribution in [3.63, 3.8) is 0 Å². The maximum atomic E-state index is 12.6. The quantitative estimate of drug-likeness (QED) is 0.172. The van der Waals surface area contributed by atoms with Gasteiger partial charge in [-0.25, -0.2) is 24.5 Å². The molecular formula is C70H84N14O4. The third-order valence-electron chi connectivity index (χ3n) is 16.9. The Labute approximate surface area is 520 Å². The first kappa shape index (κ1) is 62.7. The highest BCUT2D eigenvalue weighted by Gasteiger charge is 2.37. The van der Waals surface area contributed by atoms with E-state index in [0.29, 0.717) is 55.1 Å². The Kier molecular flexibility index (Phi) is 20.7. The number of likely N-dealkylation sites (tertiary alicyclic amines) is 4. The number of nitrogens with one attached hydrogen (secondary N) is 4. The number of rotatable bonds is 6. The zero-order valence-electron chi connectivity index (χ0n) is 52.6. The highest BCUT2D eigenvalue weighted by molar-refractivity contribution is 5.97. The number of hydrogen-bond acceptors (Lipinski definition) is 13. The minimum atomic E-state index is -0.544. The second kappa shape index (κ2) is 29.1. The molecule has 12 rings (SSSR count). The van der Waals surface area contributed by atoms with Gasteiger partial charge in [0.15, 0.2) is 0 Å². The van der Waals surface area contributed by atoms with Crippen LogP contribution in [0.5, 0.6) is 0 Å². The van der Waals surface area contributed by atoms with Crippen molar-refractivity contribution in [3.8, 4) is 71.0 Å². The topological polar surface area (TPSA) is 201 Å². The summed E-state index contributed by atoms with van der Waals surface area (Å²) in [6.07, 6.45) is 28.5. The van der Waals surface area contributed by atoms with E-state index in [9.17, 15) is 9.59 Å². The first-order chi connectivity index (χ1) is 42.5. The van der Waals surface area contributed by atoms with Crippen LogP contribution in [0.3, 0.4) is 0 Å². The summed E-state index contributed by atoms with van der Waals surface area (Å²) in [5.41, 5.74) is 7.67. The second-order valence-electron chi connectivity index (χ2n) is 26.0. The number of ether oxygens (including phenoxy) is 2. The molecule has 5 atom stereocenters. The van der Waals surface area contributed by atoms with Gasteiger partial charge >= 0.3 is 12.2 Å². The molecule has 1 aliphatic carbocycles. The predicted octanol–water partition coefficient (Wildman–Crippen LogP) is 10.2. The number of nitrogens with zero attached hydrogens (tertiary/aromatic N) is 10. The molecule has 5 saturated heterocycles. The number of carbonyl (C=O) groups is 2. The number of H-pyrrole nitrogens is 3. The molecule has 6 fully saturated rings. The van der Waals surface area contributed by atoms with E-state index in [1.165, 1.54) is 75.8 Å². The Morgan fingerprint density at radius 2 is 0.875 bits per heavy atom. The summed E-state index contributed by atoms with van der Waals surface area (Å²) in [4.78, 5) is 70.3. The van der Waals surface area contributed by atoms with Crippen LogP contribution in [0, 0.1) is 71.0 Å². The number of aromatic amines is 3. The Morgan fingerprint density at radius 1 is 0.466 bits per heavy atom. The van der Waals surface area contributed by atoms with Crippen molar-refractivity contribution in [2.24, 2.45) is 15.0 Å². The fourth-order valence-electron chi connectivity index (χ4n) is 12.6. The van der Waals surface area contributed by atoms with Crippen LogP contribution in [0.1, 0.15) is 203 Å². The lowest BCUT2D eigenvalue weighted by Crippen LogP contribution is -2.43. The number of aromatic nitrogens is 6. The van der Waals surface area contributed by atoms with E-state index in [1.807, 2.05) is 66.3 Å². The molecule has 18 nitrogen and oxygen atoms in total. The van der Waals surface area contributed by atoms with Crippen LogP contribution in [-0.4, -0.2) is 155 Å². The first-order valence-corrected chi connectivity index (χ1v) is 31.6. The van der Waals surface area contributed by atoms with Gasteiger partial charge in [0.25, 0.3) is 0 Å². The molecule has 0 aromatic carbocycles. The van der Waals surface area contributed by atoms with E-state index in [2.05, 4.69) is 145 Å². The summed E-state index contributed by atoms with van der Waals surface area (Å²) >= 11 is 0. The summed E-state index contributed by atoms with van der Waals surface area (Å²) in [5, 5.41) is 3.48. The Balaban J connectivity index is 0.000000151. The van der Waals surface area contributed by atoms with E-state index in [1.54, 1.807) is 22.2 Å². The zero-order valence-corrected chi connectivity index (χ0v) is 52.6. The van der Waals surface area contributed by atoms with E-state index < -0.39 is 11.2 Å². The van der Waals surface area contributed by atoms with Gasteiger partial charge in [-0.05, 0) is 206 Å². The summed E-state index contributed by atoms with van der Waals surface area (Å²) in [6, 6.07) is 1.14. The number of imidazole rings is 3. The summed E-state index contributed by atoms with van der Waals surface area (Å²) in [6.45, 7) is 15.9. The number of hydrogen-bond donors (Lipinski definition) is 4. The van der Waals surface area contributed by atoms with Crippen molar-refractivity contribution < 1.29 is 19.1 Å². The molecule has 8 aliphatic heterocycles. The number of allylic oxidation sites excluding steroid dienone is 3. The van der Waals surface area contributed by atoms with Crippen LogP contribution in [0.2, 0.25) is 0 Å². The van der Waals surface area contributed by atoms with Crippen LogP contribution in [-0.2, 0) is 9.47 Å². The van der Waals surface area contributed by atoms with Gasteiger partial charge < -0.3 is 29.7 Å². The molecular weight excluding hydrogens is 1100 g/mol. The summed E-state index contributed by atoms with van der Waals surface area (Å²) < 4.78 is 11.1. The van der Waals surface area contributed by atoms with E-state index in [0.717, 1.165) is 104 Å². The van der Waals surface area contributed by atoms with Crippen LogP contribution >= 0.6 is 0 Å². The smallest absolute Gasteiger partial charge is 0.410 e. The minimum absolute atomic E-state index is 0.0502. The monoisotopic (exact) mass is 1180 g/mol. The van der Waals surface area contributed by atoms with E-state index in [-0.39, 0.29) is 24.3 Å². The molecule has 0 spiro atoms. The third-order valence-corrected chi connectivity index (χ3v) is 16.9. The molecule has 3 aromatic heterocycles. The lowest BCUT2D eigenvalue weighted by Gasteiger charge is -2.28. The fourth-order valence-corrected chi connectivity index (χ4v) is 12.6. The Morgan fingerprint density at radius 3 is 1.36 bits per heavy atom. The van der Waals surface area contributed by atoms with Crippen LogP contribution in [0.25, 0.3) is 0 Å². The molecule has 0 unspecified atom stereocenters. The number of amides is 2. The molecule has 11 heterocycles. The predicted molar refractivity (Wildman–Crippen MR) is 343 cm³/mol. The lowest BCUT2D eigenvalue weighted by atomic mass is 10.0. The van der Waals surface area contributed by atoms with Crippen molar-refractivity contribution in [3.05, 3.63) is 88.5 Å². The van der Waals surface area contributed by atoms with E-state index in [4.69, 9.17) is 9.47 Å². The first-order valence-electron chi connectivity index (χ1n) is 31.6. The highest BCUT2D eigenvalue weighted by atomic mass is 16.6. The van der Waals surface area contributed by atoms with Crippen molar-refractivity contribution in [1.82, 2.24) is 54.8 Å². The van der Waals surface area contributed by atoms with Crippen molar-refractivity contribution >= 4 is 29.3 Å². The molecule has 3 aromatic rings. The fraction of sp³-hybridized carbons (Fsp3) is 0.543. The molecule has 2 amide bonds. The van der Waals surface area contributed by atoms with Gasteiger partial charge in [-0.3, -0.25) is 34.6 Å². The molecule has 4 N–H and O–H groups in total. The maximum absolute atomic E-state index is 12.6. The summed E-state index contributed by atoms with van der Waals surface area (Å²) in [7, 11) is 4.32. The van der Waals surface area contributed by atoms with E-state index >= 15 is 0 Å². The number of carbonyl (C=O) groups excluding carboxylic acids is 2. The second-order valence-corrected chi connectivity index (χ2v) is 26.0. The largest absolute Gasteiger partial charge is 0.444 e. The molecule has 88 heavy (non-hydrogen) atoms. The van der Waals surface area contributed by atoms with Gasteiger partial charge in [-0.2, -0.15) is 0 Å². The van der Waals surface area contributed by atoms with Crippen LogP contribution in [0.4, 0.5) is 9.59 Å². The molecule has 0 radical (unpaired) electrons. The molecule has 1 saturated carbocycles. The molecule has 18 heteroatoms. The van der Waals surface area contributed by atoms with Crippen molar-refractivity contribution in [2.45, 2.75) is 198 Å². The summed E-state index contributed by atoms with van der Waals surface area (Å²) in [5.74, 6) is 39.4. The average Bonchev–Trinajstić information content (AvgIpc) is 4.55. The minimum Gasteiger partial charge on any atom is -0.444 e. The van der Waals surface area contributed by atoms with Gasteiger partial charge in [0.1, 0.15) is 45.8 Å². The average molecular weight is 1190 g/mol. The van der Waals surface area contributed by atoms with Crippen molar-refractivity contribution in [2.75, 3.05) is 46.8 Å². The molecule has 0 bridgehead atoms. The van der Waals surface area contributed by atoms with Gasteiger partial charge in [-0.15, -0.1) is 0 Å². The van der Waals surface area contributed by atoms with Crippen LogP contribution < -0.4 is 5.32 Å². The zero-order chi connectivity index (χ0) is 61.6. The van der Waals surface area contributed by atoms with Crippen LogP contribution in [0.15, 0.2) is 68.9 Å². The van der Waals surface area contributed by atoms with Gasteiger partial charge in [-0.1, -0.05) is 30.6 Å². The Hall–Kier alpha value is -8.36. The normalized spacial score (nSPS) is 23.2. The number of aliphatic imine (C=N–C) groups is 3. The molecule has 9 aliphatic rings. The third kappa shape index (κ3) is 17.2. The van der Waals surface area contributed by atoms with Crippen molar-refractivity contribution in [1.29, 1.82) is 0 Å². The highest BCUT2D eigenvalue weighted by Crippen LogP contribution is 2.34. The standard InChI is InChI=1S/C29H37N5O4.C21H25N5.C20H22N4/c1-28(2,3)37-26(35)33-15-9-13-23(33)22-17-20(18-30-22)11-7-8-12-21-19-31-25(32-21)24-14-10-16-34(24)27(36)38-29(4,5)6;1-25-11-5-9-19(25)18-13-16(14-22-18)7-3-4-8-17-15-23-21(24-17)20-10-6-12-26(20)2;1(6-15-12-19(22-13-15)18-10-5-11-21-18)4-9-17-14-23-20(24-17)16-7-2-3-8-16/h18-19,23-24H,9-10,13-17H2,1-6H3,(H,31,32);14-15,19-20H,5-6,9-13H2,1-2H3,(H,23,24);13-14,16,18,21H,2-3,5,7-8,10-12H2,(H,23,24)/t23-,24-;19-,20-;18-/m000/s1. The SMILES string of the molecule is C(C#Cc1cnc(C2CCCC2)[nH]1)#CC1=CN=C([C@@H]2CCCN2)C1.CC(C)(C)OC(=O)N1CCC[C@H]1C1=NC=C(C#CC#Cc2cnc([C@@H]3CCCN3C(=O)OC(C)(C)C)[nH]2)C1.CN1CCC[C@H]1C1=NC=C(C#CC#Cc2cnc([C@@H]3CCCN3C)[nH]2)C1. The lowest BCUT2D eigenvalue weighted by molar-refractivity contribution is 0.0216.